The predicted molar refractivity (Wildman–Crippen MR) is 124 cm³/mol. The molecule has 6 nitrogen and oxygen atoms in total. The minimum Gasteiger partial charge on any atom is -0.485 e. The monoisotopic (exact) mass is 507 g/mol. The molecule has 1 aromatic carbocycles. The Morgan fingerprint density at radius 2 is 2.00 bits per heavy atom. The fourth-order valence-electron chi connectivity index (χ4n) is 3.04. The molecule has 28 heavy (non-hydrogen) atoms. The maximum absolute atomic E-state index is 13.8. The van der Waals surface area contributed by atoms with Crippen molar-refractivity contribution in [2.24, 2.45) is 4.99 Å². The molecule has 0 spiro atoms. The summed E-state index contributed by atoms with van der Waals surface area (Å²) < 4.78 is 19.6. The zero-order valence-electron chi connectivity index (χ0n) is 17.4. The van der Waals surface area contributed by atoms with Gasteiger partial charge < -0.3 is 20.3 Å². The Balaban J connectivity index is 0.00000392. The predicted octanol–water partition coefficient (Wildman–Crippen LogP) is 2.40. The van der Waals surface area contributed by atoms with Crippen LogP contribution in [0.5, 0.6) is 5.75 Å². The van der Waals surface area contributed by atoms with Crippen LogP contribution in [0.4, 0.5) is 4.39 Å². The number of nitrogens with zero attached hydrogens (tertiary/aromatic N) is 3. The van der Waals surface area contributed by atoms with Crippen LogP contribution in [0.2, 0.25) is 0 Å². The summed E-state index contributed by atoms with van der Waals surface area (Å²) in [7, 11) is 4.32. The van der Waals surface area contributed by atoms with Gasteiger partial charge in [0.15, 0.2) is 17.5 Å². The molecule has 1 saturated heterocycles. The average molecular weight is 507 g/mol. The lowest BCUT2D eigenvalue weighted by Crippen LogP contribution is -2.55. The summed E-state index contributed by atoms with van der Waals surface area (Å²) >= 11 is 0. The Morgan fingerprint density at radius 1 is 1.25 bits per heavy atom. The Morgan fingerprint density at radius 3 is 2.68 bits per heavy atom. The molecule has 0 bridgehead atoms. The first-order valence-corrected chi connectivity index (χ1v) is 9.85. The Kier molecular flexibility index (Phi) is 11.7. The van der Waals surface area contributed by atoms with Gasteiger partial charge in [-0.1, -0.05) is 19.1 Å². The van der Waals surface area contributed by atoms with Gasteiger partial charge in [0, 0.05) is 38.8 Å². The zero-order chi connectivity index (χ0) is 19.6. The van der Waals surface area contributed by atoms with Gasteiger partial charge in [-0.05, 0) is 39.6 Å². The van der Waals surface area contributed by atoms with Crippen LogP contribution in [-0.2, 0) is 0 Å². The lowest BCUT2D eigenvalue weighted by atomic mass is 10.2. The van der Waals surface area contributed by atoms with Crippen molar-refractivity contribution in [2.45, 2.75) is 32.4 Å². The first-order chi connectivity index (χ1) is 13.0. The minimum absolute atomic E-state index is 0. The maximum atomic E-state index is 13.8. The van der Waals surface area contributed by atoms with E-state index in [0.717, 1.165) is 45.1 Å². The summed E-state index contributed by atoms with van der Waals surface area (Å²) in [5.74, 6) is 0.716. The zero-order valence-corrected chi connectivity index (χ0v) is 19.8. The molecule has 2 atom stereocenters. The van der Waals surface area contributed by atoms with E-state index in [1.54, 1.807) is 18.2 Å². The Hall–Kier alpha value is -1.13. The van der Waals surface area contributed by atoms with Crippen molar-refractivity contribution in [3.05, 3.63) is 30.1 Å². The van der Waals surface area contributed by atoms with Crippen molar-refractivity contribution >= 4 is 29.9 Å². The second kappa shape index (κ2) is 13.2. The summed E-state index contributed by atoms with van der Waals surface area (Å²) in [6.45, 7) is 9.38. The number of likely N-dealkylation sites (N-methyl/N-ethyl adjacent to an activating group) is 2. The third-order valence-corrected chi connectivity index (χ3v) is 4.87. The smallest absolute Gasteiger partial charge is 0.191 e. The molecule has 2 rings (SSSR count). The quantitative estimate of drug-likeness (QED) is 0.322. The molecular weight excluding hydrogens is 472 g/mol. The Labute approximate surface area is 185 Å². The van der Waals surface area contributed by atoms with Crippen molar-refractivity contribution in [1.82, 2.24) is 20.4 Å². The number of halogens is 2. The molecule has 1 aliphatic rings. The van der Waals surface area contributed by atoms with E-state index >= 15 is 0 Å². The molecule has 1 heterocycles. The van der Waals surface area contributed by atoms with Gasteiger partial charge in [0.2, 0.25) is 0 Å². The fraction of sp³-hybridized carbons (Fsp3) is 0.650. The molecule has 0 saturated carbocycles. The summed E-state index contributed by atoms with van der Waals surface area (Å²) in [6, 6.07) is 6.95. The van der Waals surface area contributed by atoms with Gasteiger partial charge in [0.1, 0.15) is 6.10 Å². The number of rotatable bonds is 8. The highest BCUT2D eigenvalue weighted by molar-refractivity contribution is 14.0. The second-order valence-electron chi connectivity index (χ2n) is 7.08. The number of ether oxygens (including phenoxy) is 1. The minimum atomic E-state index is -0.339. The van der Waals surface area contributed by atoms with E-state index in [1.165, 1.54) is 6.07 Å². The lowest BCUT2D eigenvalue weighted by molar-refractivity contribution is 0.116. The van der Waals surface area contributed by atoms with Crippen molar-refractivity contribution in [2.75, 3.05) is 53.4 Å². The van der Waals surface area contributed by atoms with Gasteiger partial charge >= 0.3 is 0 Å². The van der Waals surface area contributed by atoms with Crippen LogP contribution in [0.1, 0.15) is 20.3 Å². The highest BCUT2D eigenvalue weighted by Gasteiger charge is 2.22. The molecular formula is C20H35FIN5O. The summed E-state index contributed by atoms with van der Waals surface area (Å²) in [5, 5.41) is 6.72. The number of para-hydroxylation sites is 1. The molecule has 2 unspecified atom stereocenters. The first kappa shape index (κ1) is 24.9. The first-order valence-electron chi connectivity index (χ1n) is 9.85. The average Bonchev–Trinajstić information content (AvgIpc) is 2.66. The maximum Gasteiger partial charge on any atom is 0.191 e. The standard InChI is InChI=1S/C20H34FN5O.HI/c1-5-17(27-19-10-8-7-9-18(19)21)14-24-20(22-6-2)23-13-16-15-25(3)11-12-26(16)4;/h7-10,16-17H,5-6,11-15H2,1-4H3,(H2,22,23,24);1H. The number of nitrogens with one attached hydrogen (secondary N) is 2. The molecule has 1 aromatic rings. The van der Waals surface area contributed by atoms with Crippen molar-refractivity contribution in [1.29, 1.82) is 0 Å². The number of hydrogen-bond acceptors (Lipinski definition) is 4. The summed E-state index contributed by atoms with van der Waals surface area (Å²) in [6.07, 6.45) is 0.591. The summed E-state index contributed by atoms with van der Waals surface area (Å²) in [5.41, 5.74) is 0. The number of aliphatic imine (C=N–C) groups is 1. The SMILES string of the molecule is CCNC(=NCC(CC)Oc1ccccc1F)NCC1CN(C)CCN1C.I. The van der Waals surface area contributed by atoms with Crippen molar-refractivity contribution < 1.29 is 9.13 Å². The molecule has 0 aromatic heterocycles. The molecule has 0 radical (unpaired) electrons. The van der Waals surface area contributed by atoms with Crippen LogP contribution in [0.15, 0.2) is 29.3 Å². The molecule has 160 valence electrons. The largest absolute Gasteiger partial charge is 0.485 e. The van der Waals surface area contributed by atoms with E-state index in [1.807, 2.05) is 13.8 Å². The van der Waals surface area contributed by atoms with Crippen molar-refractivity contribution in [3.8, 4) is 5.75 Å². The van der Waals surface area contributed by atoms with Gasteiger partial charge in [0.25, 0.3) is 0 Å². The molecule has 1 aliphatic heterocycles. The van der Waals surface area contributed by atoms with E-state index in [2.05, 4.69) is 39.5 Å². The molecule has 2 N–H and O–H groups in total. The second-order valence-corrected chi connectivity index (χ2v) is 7.08. The van der Waals surface area contributed by atoms with Crippen LogP contribution in [0.25, 0.3) is 0 Å². The molecule has 1 fully saturated rings. The number of guanidine groups is 1. The third-order valence-electron chi connectivity index (χ3n) is 4.87. The van der Waals surface area contributed by atoms with E-state index in [4.69, 9.17) is 4.74 Å². The fourth-order valence-corrected chi connectivity index (χ4v) is 3.04. The van der Waals surface area contributed by atoms with Crippen LogP contribution < -0.4 is 15.4 Å². The van der Waals surface area contributed by atoms with E-state index in [0.29, 0.717) is 12.6 Å². The van der Waals surface area contributed by atoms with Crippen molar-refractivity contribution in [3.63, 3.8) is 0 Å². The van der Waals surface area contributed by atoms with Crippen LogP contribution >= 0.6 is 24.0 Å². The number of piperazine rings is 1. The number of benzene rings is 1. The topological polar surface area (TPSA) is 52.1 Å². The molecule has 8 heteroatoms. The van der Waals surface area contributed by atoms with Gasteiger partial charge in [0.05, 0.1) is 6.54 Å². The normalized spacial score (nSPS) is 19.6. The van der Waals surface area contributed by atoms with Crippen LogP contribution in [-0.4, -0.2) is 81.3 Å². The van der Waals surface area contributed by atoms with Gasteiger partial charge in [-0.25, -0.2) is 9.38 Å². The van der Waals surface area contributed by atoms with Gasteiger partial charge in [-0.15, -0.1) is 24.0 Å². The number of hydrogen-bond donors (Lipinski definition) is 2. The Bertz CT molecular complexity index is 604. The van der Waals surface area contributed by atoms with Crippen LogP contribution in [0, 0.1) is 5.82 Å². The molecule has 0 aliphatic carbocycles. The van der Waals surface area contributed by atoms with E-state index < -0.39 is 0 Å². The molecule has 0 amide bonds. The highest BCUT2D eigenvalue weighted by Crippen LogP contribution is 2.18. The van der Waals surface area contributed by atoms with Gasteiger partial charge in [-0.2, -0.15) is 0 Å². The summed E-state index contributed by atoms with van der Waals surface area (Å²) in [4.78, 5) is 9.39. The van der Waals surface area contributed by atoms with E-state index in [-0.39, 0.29) is 41.6 Å². The lowest BCUT2D eigenvalue weighted by Gasteiger charge is -2.38. The van der Waals surface area contributed by atoms with Crippen LogP contribution in [0.3, 0.4) is 0 Å². The third kappa shape index (κ3) is 8.08. The van der Waals surface area contributed by atoms with E-state index in [9.17, 15) is 4.39 Å². The van der Waals surface area contributed by atoms with Gasteiger partial charge in [-0.3, -0.25) is 4.90 Å². The highest BCUT2D eigenvalue weighted by atomic mass is 127.